The SMILES string of the molecule is CCn1c(=O)n(CC(=O)NC2CCCCCC2)c(=O)c2cnc(-c3ccc(Cl)cc3)nc21. The van der Waals surface area contributed by atoms with Gasteiger partial charge in [0.2, 0.25) is 5.91 Å². The number of carbonyl (C=O) groups is 1. The Kier molecular flexibility index (Phi) is 6.69. The number of amides is 1. The first-order valence-corrected chi connectivity index (χ1v) is 11.4. The van der Waals surface area contributed by atoms with Gasteiger partial charge in [-0.2, -0.15) is 0 Å². The van der Waals surface area contributed by atoms with E-state index in [-0.39, 0.29) is 29.5 Å². The molecule has 8 nitrogen and oxygen atoms in total. The number of carbonyl (C=O) groups excluding carboxylic acids is 1. The van der Waals surface area contributed by atoms with Gasteiger partial charge in [0.05, 0.1) is 0 Å². The van der Waals surface area contributed by atoms with E-state index in [1.54, 1.807) is 31.2 Å². The summed E-state index contributed by atoms with van der Waals surface area (Å²) in [5.41, 5.74) is -0.142. The number of hydrogen-bond donors (Lipinski definition) is 1. The third kappa shape index (κ3) is 4.60. The Hall–Kier alpha value is -3.00. The molecule has 0 unspecified atom stereocenters. The van der Waals surface area contributed by atoms with Gasteiger partial charge < -0.3 is 5.32 Å². The molecule has 0 bridgehead atoms. The zero-order valence-corrected chi connectivity index (χ0v) is 18.8. The molecule has 32 heavy (non-hydrogen) atoms. The van der Waals surface area contributed by atoms with Gasteiger partial charge in [-0.15, -0.1) is 0 Å². The molecule has 1 N–H and O–H groups in total. The summed E-state index contributed by atoms with van der Waals surface area (Å²) >= 11 is 5.95. The lowest BCUT2D eigenvalue weighted by atomic mass is 10.1. The van der Waals surface area contributed by atoms with Gasteiger partial charge in [0.15, 0.2) is 11.5 Å². The number of nitrogens with zero attached hydrogens (tertiary/aromatic N) is 4. The highest BCUT2D eigenvalue weighted by atomic mass is 35.5. The van der Waals surface area contributed by atoms with E-state index in [2.05, 4.69) is 15.3 Å². The summed E-state index contributed by atoms with van der Waals surface area (Å²) in [4.78, 5) is 47.6. The first-order chi connectivity index (χ1) is 15.5. The average molecular weight is 456 g/mol. The second-order valence-corrected chi connectivity index (χ2v) is 8.55. The molecule has 1 amide bonds. The zero-order valence-electron chi connectivity index (χ0n) is 18.0. The molecule has 1 saturated carbocycles. The van der Waals surface area contributed by atoms with Crippen LogP contribution in [0.25, 0.3) is 22.4 Å². The molecule has 4 rings (SSSR count). The van der Waals surface area contributed by atoms with E-state index in [9.17, 15) is 14.4 Å². The molecule has 3 aromatic rings. The Morgan fingerprint density at radius 3 is 2.44 bits per heavy atom. The van der Waals surface area contributed by atoms with Crippen molar-refractivity contribution in [3.63, 3.8) is 0 Å². The molecule has 168 valence electrons. The maximum Gasteiger partial charge on any atom is 0.333 e. The summed E-state index contributed by atoms with van der Waals surface area (Å²) in [6, 6.07) is 7.10. The van der Waals surface area contributed by atoms with Gasteiger partial charge in [0.1, 0.15) is 11.9 Å². The Morgan fingerprint density at radius 2 is 1.78 bits per heavy atom. The van der Waals surface area contributed by atoms with Crippen LogP contribution in [0, 0.1) is 0 Å². The fraction of sp³-hybridized carbons (Fsp3) is 0.435. The Balaban J connectivity index is 1.69. The minimum absolute atomic E-state index is 0.0971. The quantitative estimate of drug-likeness (QED) is 0.596. The van der Waals surface area contributed by atoms with Crippen LogP contribution in [0.4, 0.5) is 0 Å². The number of benzene rings is 1. The molecule has 2 heterocycles. The monoisotopic (exact) mass is 455 g/mol. The van der Waals surface area contributed by atoms with Gasteiger partial charge in [-0.1, -0.05) is 37.3 Å². The molecule has 0 spiro atoms. The smallest absolute Gasteiger partial charge is 0.333 e. The van der Waals surface area contributed by atoms with Gasteiger partial charge in [-0.05, 0) is 44.0 Å². The molecule has 0 radical (unpaired) electrons. The van der Waals surface area contributed by atoms with Crippen molar-refractivity contribution in [3.05, 3.63) is 56.3 Å². The van der Waals surface area contributed by atoms with Crippen LogP contribution in [0.1, 0.15) is 45.4 Å². The van der Waals surface area contributed by atoms with Crippen LogP contribution in [0.2, 0.25) is 5.02 Å². The fourth-order valence-electron chi connectivity index (χ4n) is 4.20. The lowest BCUT2D eigenvalue weighted by Crippen LogP contribution is -2.45. The number of fused-ring (bicyclic) bond motifs is 1. The summed E-state index contributed by atoms with van der Waals surface area (Å²) < 4.78 is 2.37. The van der Waals surface area contributed by atoms with E-state index in [1.807, 2.05) is 0 Å². The number of rotatable bonds is 5. The van der Waals surface area contributed by atoms with E-state index >= 15 is 0 Å². The first kappa shape index (κ1) is 22.2. The summed E-state index contributed by atoms with van der Waals surface area (Å²) in [6.45, 7) is 1.78. The lowest BCUT2D eigenvalue weighted by Gasteiger charge is -2.17. The lowest BCUT2D eigenvalue weighted by molar-refractivity contribution is -0.122. The van der Waals surface area contributed by atoms with Crippen LogP contribution < -0.4 is 16.6 Å². The van der Waals surface area contributed by atoms with Crippen molar-refractivity contribution in [1.82, 2.24) is 24.4 Å². The summed E-state index contributed by atoms with van der Waals surface area (Å²) in [5, 5.41) is 3.78. The van der Waals surface area contributed by atoms with E-state index in [0.29, 0.717) is 17.4 Å². The second-order valence-electron chi connectivity index (χ2n) is 8.11. The Labute approximate surface area is 190 Å². The third-order valence-corrected chi connectivity index (χ3v) is 6.15. The van der Waals surface area contributed by atoms with Gasteiger partial charge in [0, 0.05) is 29.4 Å². The predicted molar refractivity (Wildman–Crippen MR) is 124 cm³/mol. The van der Waals surface area contributed by atoms with Crippen LogP contribution >= 0.6 is 11.6 Å². The Morgan fingerprint density at radius 1 is 1.09 bits per heavy atom. The van der Waals surface area contributed by atoms with Gasteiger partial charge >= 0.3 is 5.69 Å². The van der Waals surface area contributed by atoms with Crippen LogP contribution in [0.5, 0.6) is 0 Å². The van der Waals surface area contributed by atoms with E-state index < -0.39 is 11.2 Å². The molecule has 1 aliphatic carbocycles. The zero-order chi connectivity index (χ0) is 22.7. The predicted octanol–water partition coefficient (Wildman–Crippen LogP) is 3.13. The number of aryl methyl sites for hydroxylation is 1. The molecule has 2 aromatic heterocycles. The van der Waals surface area contributed by atoms with Crippen molar-refractivity contribution in [3.8, 4) is 11.4 Å². The summed E-state index contributed by atoms with van der Waals surface area (Å²) in [7, 11) is 0. The number of aromatic nitrogens is 4. The standard InChI is InChI=1S/C23H26ClN5O3/c1-2-28-21-18(13-25-20(27-21)15-9-11-16(24)12-10-15)22(31)29(23(28)32)14-19(30)26-17-7-5-3-4-6-8-17/h9-13,17H,2-8,14H2,1H3,(H,26,30). The maximum atomic E-state index is 13.1. The molecular weight excluding hydrogens is 430 g/mol. The summed E-state index contributed by atoms with van der Waals surface area (Å²) in [6.07, 6.45) is 7.79. The molecule has 1 aliphatic rings. The van der Waals surface area contributed by atoms with E-state index in [0.717, 1.165) is 35.8 Å². The van der Waals surface area contributed by atoms with E-state index in [4.69, 9.17) is 11.6 Å². The third-order valence-electron chi connectivity index (χ3n) is 5.90. The molecule has 0 saturated heterocycles. The number of nitrogens with one attached hydrogen (secondary N) is 1. The molecule has 0 aliphatic heterocycles. The largest absolute Gasteiger partial charge is 0.352 e. The van der Waals surface area contributed by atoms with Crippen LogP contribution in [0.15, 0.2) is 40.1 Å². The van der Waals surface area contributed by atoms with Crippen molar-refractivity contribution in [2.75, 3.05) is 0 Å². The molecule has 0 atom stereocenters. The topological polar surface area (TPSA) is 98.9 Å². The first-order valence-electron chi connectivity index (χ1n) is 11.0. The fourth-order valence-corrected chi connectivity index (χ4v) is 4.33. The van der Waals surface area contributed by atoms with Gasteiger partial charge in [-0.25, -0.2) is 14.8 Å². The Bertz CT molecular complexity index is 1240. The van der Waals surface area contributed by atoms with Gasteiger partial charge in [-0.3, -0.25) is 18.7 Å². The molecule has 1 aromatic carbocycles. The summed E-state index contributed by atoms with van der Waals surface area (Å²) in [5.74, 6) is 0.0656. The average Bonchev–Trinajstić information content (AvgIpc) is 3.06. The van der Waals surface area contributed by atoms with Crippen LogP contribution in [0.3, 0.4) is 0 Å². The highest BCUT2D eigenvalue weighted by Gasteiger charge is 2.19. The minimum Gasteiger partial charge on any atom is -0.352 e. The second kappa shape index (κ2) is 9.65. The maximum absolute atomic E-state index is 13.1. The van der Waals surface area contributed by atoms with E-state index in [1.165, 1.54) is 23.6 Å². The highest BCUT2D eigenvalue weighted by Crippen LogP contribution is 2.19. The van der Waals surface area contributed by atoms with Crippen LogP contribution in [-0.2, 0) is 17.9 Å². The normalized spacial score (nSPS) is 14.9. The molecule has 1 fully saturated rings. The van der Waals surface area contributed by atoms with Crippen molar-refractivity contribution < 1.29 is 4.79 Å². The van der Waals surface area contributed by atoms with Crippen molar-refractivity contribution in [1.29, 1.82) is 0 Å². The number of hydrogen-bond acceptors (Lipinski definition) is 5. The van der Waals surface area contributed by atoms with Crippen molar-refractivity contribution in [2.24, 2.45) is 0 Å². The van der Waals surface area contributed by atoms with Crippen molar-refractivity contribution in [2.45, 2.75) is 64.6 Å². The molecule has 9 heteroatoms. The highest BCUT2D eigenvalue weighted by molar-refractivity contribution is 6.30. The van der Waals surface area contributed by atoms with Crippen LogP contribution in [-0.4, -0.2) is 31.1 Å². The minimum atomic E-state index is -0.562. The molecular formula is C23H26ClN5O3. The van der Waals surface area contributed by atoms with Crippen molar-refractivity contribution >= 4 is 28.5 Å². The van der Waals surface area contributed by atoms with Gasteiger partial charge in [0.25, 0.3) is 5.56 Å². The number of halogens is 1.